The summed E-state index contributed by atoms with van der Waals surface area (Å²) in [7, 11) is 0. The molecular weight excluding hydrogens is 276 g/mol. The van der Waals surface area contributed by atoms with Gasteiger partial charge in [-0.2, -0.15) is 0 Å². The van der Waals surface area contributed by atoms with Crippen molar-refractivity contribution in [3.63, 3.8) is 0 Å². The first-order valence-corrected chi connectivity index (χ1v) is 6.42. The minimum atomic E-state index is -0.485. The molecule has 92 valence electrons. The number of benzene rings is 1. The number of rotatable bonds is 4. The van der Waals surface area contributed by atoms with Crippen molar-refractivity contribution in [3.05, 3.63) is 55.9 Å². The number of nitrogens with zero attached hydrogens (tertiary/aromatic N) is 2. The van der Waals surface area contributed by atoms with Gasteiger partial charge in [-0.15, -0.1) is 0 Å². The molecule has 8 heteroatoms. The van der Waals surface area contributed by atoms with Gasteiger partial charge in [0.2, 0.25) is 0 Å². The monoisotopic (exact) mass is 282 g/mol. The van der Waals surface area contributed by atoms with Crippen LogP contribution in [-0.2, 0) is 0 Å². The number of nitro benzene ring substituents is 1. The Morgan fingerprint density at radius 1 is 1.00 bits per heavy atom. The van der Waals surface area contributed by atoms with Crippen LogP contribution in [0.25, 0.3) is 0 Å². The lowest BCUT2D eigenvalue weighted by atomic mass is 10.3. The van der Waals surface area contributed by atoms with Crippen LogP contribution in [0.3, 0.4) is 0 Å². The van der Waals surface area contributed by atoms with Crippen LogP contribution < -0.4 is 0 Å². The minimum absolute atomic E-state index is 0.000770. The zero-order chi connectivity index (χ0) is 13.1. The predicted octanol–water partition coefficient (Wildman–Crippen LogP) is 3.72. The Hall–Kier alpha value is -1.93. The van der Waals surface area contributed by atoms with Gasteiger partial charge in [0.25, 0.3) is 5.69 Å². The predicted molar refractivity (Wildman–Crippen MR) is 68.2 cm³/mol. The van der Waals surface area contributed by atoms with Gasteiger partial charge in [0, 0.05) is 17.0 Å². The van der Waals surface area contributed by atoms with Gasteiger partial charge < -0.3 is 0 Å². The molecule has 2 rings (SSSR count). The van der Waals surface area contributed by atoms with Crippen LogP contribution in [0, 0.1) is 20.2 Å². The second-order valence-corrected chi connectivity index (χ2v) is 5.21. The van der Waals surface area contributed by atoms with Gasteiger partial charge in [0.15, 0.2) is 0 Å². The first-order chi connectivity index (χ1) is 8.58. The molecule has 1 aromatic carbocycles. The zero-order valence-electron chi connectivity index (χ0n) is 8.81. The third-order valence-electron chi connectivity index (χ3n) is 2.05. The van der Waals surface area contributed by atoms with E-state index in [-0.39, 0.29) is 10.7 Å². The molecule has 18 heavy (non-hydrogen) atoms. The summed E-state index contributed by atoms with van der Waals surface area (Å²) in [6, 6.07) is 7.56. The molecule has 0 unspecified atom stereocenters. The molecule has 0 radical (unpaired) electrons. The van der Waals surface area contributed by atoms with Gasteiger partial charge in [-0.05, 0) is 23.6 Å². The summed E-state index contributed by atoms with van der Waals surface area (Å²) in [6.07, 6.45) is 0. The fourth-order valence-corrected chi connectivity index (χ4v) is 3.05. The van der Waals surface area contributed by atoms with E-state index in [9.17, 15) is 20.2 Å². The standard InChI is InChI=1S/C10H6N2O4S2/c13-11(14)7-1-3-8(4-2-7)18-9-5-6-17-10(9)12(15)16/h1-6H. The van der Waals surface area contributed by atoms with Crippen LogP contribution in [0.2, 0.25) is 0 Å². The van der Waals surface area contributed by atoms with Gasteiger partial charge in [-0.3, -0.25) is 20.2 Å². The molecule has 6 nitrogen and oxygen atoms in total. The molecule has 0 spiro atoms. The molecule has 2 aromatic rings. The lowest BCUT2D eigenvalue weighted by Gasteiger charge is -1.98. The smallest absolute Gasteiger partial charge is 0.258 e. The Labute approximate surface area is 110 Å². The zero-order valence-corrected chi connectivity index (χ0v) is 10.4. The fraction of sp³-hybridized carbons (Fsp3) is 0. The largest absolute Gasteiger partial charge is 0.337 e. The number of hydrogen-bond acceptors (Lipinski definition) is 6. The van der Waals surface area contributed by atoms with E-state index in [1.54, 1.807) is 23.6 Å². The highest BCUT2D eigenvalue weighted by molar-refractivity contribution is 7.99. The number of thiophene rings is 1. The Balaban J connectivity index is 2.21. The normalized spacial score (nSPS) is 10.2. The fourth-order valence-electron chi connectivity index (χ4n) is 1.26. The summed E-state index contributed by atoms with van der Waals surface area (Å²) in [5.41, 5.74) is -0.000770. The third-order valence-corrected chi connectivity index (χ3v) is 4.10. The molecule has 0 N–H and O–H groups in total. The van der Waals surface area contributed by atoms with E-state index >= 15 is 0 Å². The molecule has 1 aromatic heterocycles. The van der Waals surface area contributed by atoms with E-state index in [4.69, 9.17) is 0 Å². The lowest BCUT2D eigenvalue weighted by Crippen LogP contribution is -1.87. The Bertz CT molecular complexity index is 594. The molecule has 0 aliphatic rings. The summed E-state index contributed by atoms with van der Waals surface area (Å²) >= 11 is 2.27. The topological polar surface area (TPSA) is 86.3 Å². The summed E-state index contributed by atoms with van der Waals surface area (Å²) in [5.74, 6) is 0. The average molecular weight is 282 g/mol. The Kier molecular flexibility index (Phi) is 3.58. The first-order valence-electron chi connectivity index (χ1n) is 4.72. The van der Waals surface area contributed by atoms with Gasteiger partial charge in [-0.1, -0.05) is 23.1 Å². The number of non-ortho nitro benzene ring substituents is 1. The lowest BCUT2D eigenvalue weighted by molar-refractivity contribution is -0.384. The van der Waals surface area contributed by atoms with Crippen LogP contribution in [0.4, 0.5) is 10.7 Å². The van der Waals surface area contributed by atoms with Crippen LogP contribution in [0.1, 0.15) is 0 Å². The highest BCUT2D eigenvalue weighted by Crippen LogP contribution is 2.38. The summed E-state index contributed by atoms with van der Waals surface area (Å²) in [6.45, 7) is 0. The highest BCUT2D eigenvalue weighted by Gasteiger charge is 2.16. The van der Waals surface area contributed by atoms with E-state index in [1.807, 2.05) is 0 Å². The van der Waals surface area contributed by atoms with Gasteiger partial charge in [0.1, 0.15) is 4.90 Å². The van der Waals surface area contributed by atoms with E-state index in [1.165, 1.54) is 23.9 Å². The Morgan fingerprint density at radius 2 is 1.67 bits per heavy atom. The molecule has 0 saturated carbocycles. The summed E-state index contributed by atoms with van der Waals surface area (Å²) in [4.78, 5) is 21.6. The maximum absolute atomic E-state index is 10.7. The number of nitro groups is 2. The third kappa shape index (κ3) is 2.66. The van der Waals surface area contributed by atoms with Crippen LogP contribution in [0.5, 0.6) is 0 Å². The summed E-state index contributed by atoms with van der Waals surface area (Å²) < 4.78 is 0. The molecular formula is C10H6N2O4S2. The molecule has 1 heterocycles. The SMILES string of the molecule is O=[N+]([O-])c1ccc(Sc2ccsc2[N+](=O)[O-])cc1. The van der Waals surface area contributed by atoms with Crippen molar-refractivity contribution in [3.8, 4) is 0 Å². The maximum Gasteiger partial charge on any atom is 0.337 e. The molecule has 0 aliphatic heterocycles. The molecule has 0 amide bonds. The molecule has 0 saturated heterocycles. The van der Waals surface area contributed by atoms with Crippen LogP contribution in [0.15, 0.2) is 45.5 Å². The van der Waals surface area contributed by atoms with Crippen molar-refractivity contribution in [2.24, 2.45) is 0 Å². The molecule has 0 fully saturated rings. The van der Waals surface area contributed by atoms with Crippen molar-refractivity contribution in [2.45, 2.75) is 9.79 Å². The Morgan fingerprint density at radius 3 is 2.22 bits per heavy atom. The van der Waals surface area contributed by atoms with E-state index in [0.717, 1.165) is 16.2 Å². The highest BCUT2D eigenvalue weighted by atomic mass is 32.2. The maximum atomic E-state index is 10.7. The van der Waals surface area contributed by atoms with E-state index in [2.05, 4.69) is 0 Å². The van der Waals surface area contributed by atoms with Crippen molar-refractivity contribution in [1.82, 2.24) is 0 Å². The molecule has 0 bridgehead atoms. The van der Waals surface area contributed by atoms with Crippen molar-refractivity contribution < 1.29 is 9.85 Å². The second kappa shape index (κ2) is 5.15. The van der Waals surface area contributed by atoms with Crippen molar-refractivity contribution in [2.75, 3.05) is 0 Å². The van der Waals surface area contributed by atoms with Crippen LogP contribution >= 0.6 is 23.1 Å². The van der Waals surface area contributed by atoms with Gasteiger partial charge >= 0.3 is 5.00 Å². The van der Waals surface area contributed by atoms with Gasteiger partial charge in [-0.25, -0.2) is 0 Å². The van der Waals surface area contributed by atoms with E-state index < -0.39 is 9.85 Å². The second-order valence-electron chi connectivity index (χ2n) is 3.20. The van der Waals surface area contributed by atoms with Crippen LogP contribution in [-0.4, -0.2) is 9.85 Å². The van der Waals surface area contributed by atoms with Gasteiger partial charge in [0.05, 0.1) is 9.85 Å². The molecule has 0 aliphatic carbocycles. The van der Waals surface area contributed by atoms with E-state index in [0.29, 0.717) is 4.90 Å². The quantitative estimate of drug-likeness (QED) is 0.630. The minimum Gasteiger partial charge on any atom is -0.258 e. The van der Waals surface area contributed by atoms with Crippen molar-refractivity contribution >= 4 is 33.8 Å². The molecule has 0 atom stereocenters. The van der Waals surface area contributed by atoms with Crippen molar-refractivity contribution in [1.29, 1.82) is 0 Å². The first kappa shape index (κ1) is 12.5. The number of hydrogen-bond donors (Lipinski definition) is 0. The summed E-state index contributed by atoms with van der Waals surface area (Å²) in [5, 5.41) is 22.9. The average Bonchev–Trinajstić information content (AvgIpc) is 2.78.